The summed E-state index contributed by atoms with van der Waals surface area (Å²) in [6, 6.07) is 0.160. The fraction of sp³-hybridized carbons (Fsp3) is 0.929. The SMILES string of the molecule is CCCC1(C(=O)NC(C)CCCO)CCNCC1. The van der Waals surface area contributed by atoms with Crippen LogP contribution in [0.5, 0.6) is 0 Å². The predicted molar refractivity (Wildman–Crippen MR) is 73.4 cm³/mol. The Balaban J connectivity index is 2.53. The summed E-state index contributed by atoms with van der Waals surface area (Å²) in [6.45, 7) is 6.25. The molecule has 1 aliphatic rings. The Kier molecular flexibility index (Phi) is 6.65. The van der Waals surface area contributed by atoms with Gasteiger partial charge in [0.25, 0.3) is 0 Å². The first kappa shape index (κ1) is 15.4. The van der Waals surface area contributed by atoms with E-state index in [-0.39, 0.29) is 24.0 Å². The standard InChI is InChI=1S/C14H28N2O2/c1-3-6-14(7-9-15-10-8-14)13(18)16-12(2)5-4-11-17/h12,15,17H,3-11H2,1-2H3,(H,16,18). The minimum Gasteiger partial charge on any atom is -0.396 e. The van der Waals surface area contributed by atoms with Crippen LogP contribution in [0.1, 0.15) is 52.4 Å². The molecule has 3 N–H and O–H groups in total. The van der Waals surface area contributed by atoms with Crippen LogP contribution in [0.4, 0.5) is 0 Å². The van der Waals surface area contributed by atoms with E-state index in [2.05, 4.69) is 17.6 Å². The number of piperidine rings is 1. The van der Waals surface area contributed by atoms with Crippen molar-refractivity contribution in [3.8, 4) is 0 Å². The third-order valence-corrected chi connectivity index (χ3v) is 3.94. The van der Waals surface area contributed by atoms with Crippen LogP contribution in [-0.4, -0.2) is 36.8 Å². The van der Waals surface area contributed by atoms with Crippen LogP contribution >= 0.6 is 0 Å². The second kappa shape index (κ2) is 7.74. The van der Waals surface area contributed by atoms with E-state index < -0.39 is 0 Å². The number of hydrogen-bond acceptors (Lipinski definition) is 3. The van der Waals surface area contributed by atoms with Gasteiger partial charge in [0.2, 0.25) is 5.91 Å². The van der Waals surface area contributed by atoms with Gasteiger partial charge < -0.3 is 15.7 Å². The monoisotopic (exact) mass is 256 g/mol. The van der Waals surface area contributed by atoms with Crippen molar-refractivity contribution in [1.82, 2.24) is 10.6 Å². The number of hydrogen-bond donors (Lipinski definition) is 3. The lowest BCUT2D eigenvalue weighted by atomic mass is 9.74. The molecule has 18 heavy (non-hydrogen) atoms. The summed E-state index contributed by atoms with van der Waals surface area (Å²) in [7, 11) is 0. The number of amides is 1. The summed E-state index contributed by atoms with van der Waals surface area (Å²) in [4.78, 5) is 12.5. The van der Waals surface area contributed by atoms with Gasteiger partial charge in [-0.2, -0.15) is 0 Å². The van der Waals surface area contributed by atoms with Gasteiger partial charge in [0.15, 0.2) is 0 Å². The molecule has 0 aliphatic carbocycles. The summed E-state index contributed by atoms with van der Waals surface area (Å²) in [6.07, 6.45) is 5.52. The Morgan fingerprint density at radius 1 is 1.44 bits per heavy atom. The van der Waals surface area contributed by atoms with Crippen molar-refractivity contribution in [2.75, 3.05) is 19.7 Å². The van der Waals surface area contributed by atoms with Crippen LogP contribution in [-0.2, 0) is 4.79 Å². The van der Waals surface area contributed by atoms with E-state index in [9.17, 15) is 4.79 Å². The van der Waals surface area contributed by atoms with E-state index in [1.54, 1.807) is 0 Å². The Hall–Kier alpha value is -0.610. The van der Waals surface area contributed by atoms with E-state index in [0.29, 0.717) is 0 Å². The van der Waals surface area contributed by atoms with E-state index >= 15 is 0 Å². The topological polar surface area (TPSA) is 61.4 Å². The molecule has 0 radical (unpaired) electrons. The van der Waals surface area contributed by atoms with Crippen LogP contribution in [0.2, 0.25) is 0 Å². The molecule has 0 saturated carbocycles. The van der Waals surface area contributed by atoms with Crippen molar-refractivity contribution >= 4 is 5.91 Å². The highest BCUT2D eigenvalue weighted by Crippen LogP contribution is 2.34. The summed E-state index contributed by atoms with van der Waals surface area (Å²) < 4.78 is 0. The molecule has 0 aromatic rings. The van der Waals surface area contributed by atoms with Gasteiger partial charge in [0.1, 0.15) is 0 Å². The largest absolute Gasteiger partial charge is 0.396 e. The van der Waals surface area contributed by atoms with Gasteiger partial charge in [-0.05, 0) is 52.1 Å². The van der Waals surface area contributed by atoms with E-state index in [1.165, 1.54) is 0 Å². The average molecular weight is 256 g/mol. The van der Waals surface area contributed by atoms with Crippen molar-refractivity contribution in [2.24, 2.45) is 5.41 Å². The molecule has 1 atom stereocenters. The molecular formula is C14H28N2O2. The Morgan fingerprint density at radius 2 is 2.11 bits per heavy atom. The average Bonchev–Trinajstić information content (AvgIpc) is 2.37. The van der Waals surface area contributed by atoms with Crippen molar-refractivity contribution in [3.63, 3.8) is 0 Å². The van der Waals surface area contributed by atoms with E-state index in [0.717, 1.165) is 51.6 Å². The van der Waals surface area contributed by atoms with Crippen LogP contribution in [0.3, 0.4) is 0 Å². The van der Waals surface area contributed by atoms with Crippen molar-refractivity contribution in [2.45, 2.75) is 58.4 Å². The molecule has 0 bridgehead atoms. The first-order chi connectivity index (χ1) is 8.64. The number of carbonyl (C=O) groups excluding carboxylic acids is 1. The Morgan fingerprint density at radius 3 is 2.67 bits per heavy atom. The van der Waals surface area contributed by atoms with Crippen LogP contribution in [0, 0.1) is 5.41 Å². The van der Waals surface area contributed by atoms with Crippen molar-refractivity contribution in [3.05, 3.63) is 0 Å². The summed E-state index contributed by atoms with van der Waals surface area (Å²) in [5.74, 6) is 0.219. The molecule has 1 rings (SSSR count). The summed E-state index contributed by atoms with van der Waals surface area (Å²) >= 11 is 0. The Labute approximate surface area is 111 Å². The number of aliphatic hydroxyl groups is 1. The molecule has 4 heteroatoms. The van der Waals surface area contributed by atoms with Crippen LogP contribution < -0.4 is 10.6 Å². The zero-order valence-electron chi connectivity index (χ0n) is 11.8. The molecule has 1 saturated heterocycles. The maximum atomic E-state index is 12.5. The van der Waals surface area contributed by atoms with E-state index in [4.69, 9.17) is 5.11 Å². The highest BCUT2D eigenvalue weighted by Gasteiger charge is 2.38. The second-order valence-electron chi connectivity index (χ2n) is 5.52. The van der Waals surface area contributed by atoms with Gasteiger partial charge in [0.05, 0.1) is 5.41 Å². The molecule has 0 spiro atoms. The van der Waals surface area contributed by atoms with E-state index in [1.807, 2.05) is 6.92 Å². The fourth-order valence-electron chi connectivity index (χ4n) is 2.82. The highest BCUT2D eigenvalue weighted by atomic mass is 16.3. The number of carbonyl (C=O) groups is 1. The molecular weight excluding hydrogens is 228 g/mol. The normalized spacial score (nSPS) is 20.4. The minimum absolute atomic E-state index is 0.159. The molecule has 1 amide bonds. The number of nitrogens with one attached hydrogen (secondary N) is 2. The summed E-state index contributed by atoms with van der Waals surface area (Å²) in [5, 5.41) is 15.3. The number of aliphatic hydroxyl groups excluding tert-OH is 1. The molecule has 1 heterocycles. The minimum atomic E-state index is -0.159. The van der Waals surface area contributed by atoms with Gasteiger partial charge in [-0.15, -0.1) is 0 Å². The zero-order chi connectivity index (χ0) is 13.4. The van der Waals surface area contributed by atoms with Crippen molar-refractivity contribution in [1.29, 1.82) is 0 Å². The molecule has 4 nitrogen and oxygen atoms in total. The Bertz CT molecular complexity index is 245. The zero-order valence-corrected chi connectivity index (χ0v) is 11.8. The van der Waals surface area contributed by atoms with Crippen LogP contribution in [0.25, 0.3) is 0 Å². The molecule has 1 unspecified atom stereocenters. The predicted octanol–water partition coefficient (Wildman–Crippen LogP) is 1.43. The van der Waals surface area contributed by atoms with Gasteiger partial charge in [-0.25, -0.2) is 0 Å². The maximum absolute atomic E-state index is 12.5. The lowest BCUT2D eigenvalue weighted by Crippen LogP contribution is -2.49. The first-order valence-corrected chi connectivity index (χ1v) is 7.27. The third kappa shape index (κ3) is 4.25. The molecule has 106 valence electrons. The maximum Gasteiger partial charge on any atom is 0.226 e. The van der Waals surface area contributed by atoms with Gasteiger partial charge in [-0.3, -0.25) is 4.79 Å². The quantitative estimate of drug-likeness (QED) is 0.646. The first-order valence-electron chi connectivity index (χ1n) is 7.27. The molecule has 1 fully saturated rings. The van der Waals surface area contributed by atoms with Gasteiger partial charge in [-0.1, -0.05) is 13.3 Å². The van der Waals surface area contributed by atoms with Gasteiger partial charge in [0, 0.05) is 12.6 Å². The molecule has 1 aliphatic heterocycles. The van der Waals surface area contributed by atoms with Gasteiger partial charge >= 0.3 is 0 Å². The van der Waals surface area contributed by atoms with Crippen LogP contribution in [0.15, 0.2) is 0 Å². The lowest BCUT2D eigenvalue weighted by molar-refractivity contribution is -0.133. The summed E-state index contributed by atoms with van der Waals surface area (Å²) in [5.41, 5.74) is -0.159. The fourth-order valence-corrected chi connectivity index (χ4v) is 2.82. The highest BCUT2D eigenvalue weighted by molar-refractivity contribution is 5.83. The molecule has 0 aromatic carbocycles. The number of rotatable bonds is 7. The smallest absolute Gasteiger partial charge is 0.226 e. The van der Waals surface area contributed by atoms with Crippen molar-refractivity contribution < 1.29 is 9.90 Å². The third-order valence-electron chi connectivity index (χ3n) is 3.94. The lowest BCUT2D eigenvalue weighted by Gasteiger charge is -2.37. The molecule has 0 aromatic heterocycles. The second-order valence-corrected chi connectivity index (χ2v) is 5.52.